The van der Waals surface area contributed by atoms with Gasteiger partial charge in [0.25, 0.3) is 0 Å². The summed E-state index contributed by atoms with van der Waals surface area (Å²) in [5.74, 6) is 1.28. The molecule has 0 aliphatic rings. The fourth-order valence-corrected chi connectivity index (χ4v) is 2.25. The summed E-state index contributed by atoms with van der Waals surface area (Å²) in [7, 11) is 0. The van der Waals surface area contributed by atoms with E-state index in [1.807, 2.05) is 37.3 Å². The minimum atomic E-state index is 0.347. The van der Waals surface area contributed by atoms with Gasteiger partial charge in [-0.3, -0.25) is 0 Å². The number of phenolic OH excluding ortho intramolecular Hbond substituents is 1. The second-order valence-corrected chi connectivity index (χ2v) is 4.47. The van der Waals surface area contributed by atoms with Crippen molar-refractivity contribution in [1.29, 1.82) is 0 Å². The predicted molar refractivity (Wildman–Crippen MR) is 75.4 cm³/mol. The number of ether oxygens (including phenoxy) is 1. The van der Waals surface area contributed by atoms with Crippen LogP contribution < -0.4 is 4.74 Å². The van der Waals surface area contributed by atoms with E-state index in [0.717, 1.165) is 41.3 Å². The lowest BCUT2D eigenvalue weighted by molar-refractivity contribution is 0.339. The molecule has 1 N–H and O–H groups in total. The van der Waals surface area contributed by atoms with Gasteiger partial charge in [-0.15, -0.1) is 0 Å². The largest absolute Gasteiger partial charge is 0.507 e. The molecule has 0 aliphatic carbocycles. The summed E-state index contributed by atoms with van der Waals surface area (Å²) in [5, 5.41) is 12.0. The van der Waals surface area contributed by atoms with Gasteiger partial charge in [0.1, 0.15) is 11.5 Å². The van der Waals surface area contributed by atoms with Crippen LogP contribution in [-0.2, 0) is 6.42 Å². The number of aromatic hydroxyl groups is 1. The predicted octanol–water partition coefficient (Wildman–Crippen LogP) is 4.29. The Labute approximate surface area is 108 Å². The number of phenols is 1. The zero-order valence-electron chi connectivity index (χ0n) is 11.1. The minimum Gasteiger partial charge on any atom is -0.507 e. The molecule has 96 valence electrons. The first-order chi connectivity index (χ1) is 8.77. The molecule has 0 radical (unpaired) electrons. The highest BCUT2D eigenvalue weighted by atomic mass is 16.5. The smallest absolute Gasteiger partial charge is 0.130 e. The second-order valence-electron chi connectivity index (χ2n) is 4.47. The van der Waals surface area contributed by atoms with Crippen molar-refractivity contribution < 1.29 is 9.84 Å². The maximum absolute atomic E-state index is 10.1. The molecule has 0 bridgehead atoms. The molecule has 0 heterocycles. The maximum Gasteiger partial charge on any atom is 0.130 e. The van der Waals surface area contributed by atoms with E-state index in [4.69, 9.17) is 4.74 Å². The van der Waals surface area contributed by atoms with Crippen LogP contribution in [0.2, 0.25) is 0 Å². The summed E-state index contributed by atoms with van der Waals surface area (Å²) < 4.78 is 5.79. The van der Waals surface area contributed by atoms with Gasteiger partial charge in [-0.2, -0.15) is 0 Å². The monoisotopic (exact) mass is 244 g/mol. The second kappa shape index (κ2) is 5.76. The highest BCUT2D eigenvalue weighted by Gasteiger charge is 2.12. The molecule has 0 amide bonds. The van der Waals surface area contributed by atoms with Gasteiger partial charge in [-0.25, -0.2) is 0 Å². The van der Waals surface area contributed by atoms with Crippen LogP contribution in [0.5, 0.6) is 11.5 Å². The molecule has 0 aliphatic heterocycles. The van der Waals surface area contributed by atoms with Crippen LogP contribution in [0.1, 0.15) is 32.3 Å². The van der Waals surface area contributed by atoms with E-state index in [1.54, 1.807) is 0 Å². The van der Waals surface area contributed by atoms with Crippen molar-refractivity contribution in [3.63, 3.8) is 0 Å². The molecule has 0 saturated carbocycles. The topological polar surface area (TPSA) is 29.5 Å². The number of hydrogen-bond acceptors (Lipinski definition) is 2. The molecular weight excluding hydrogens is 224 g/mol. The van der Waals surface area contributed by atoms with E-state index in [2.05, 4.69) is 6.92 Å². The van der Waals surface area contributed by atoms with Crippen LogP contribution in [0, 0.1) is 0 Å². The number of rotatable bonds is 5. The number of benzene rings is 2. The van der Waals surface area contributed by atoms with Gasteiger partial charge in [0.2, 0.25) is 0 Å². The fraction of sp³-hybridized carbons (Fsp3) is 0.375. The Hall–Kier alpha value is -1.70. The Kier molecular flexibility index (Phi) is 4.08. The molecule has 2 nitrogen and oxygen atoms in total. The third-order valence-corrected chi connectivity index (χ3v) is 3.14. The number of hydrogen-bond donors (Lipinski definition) is 1. The molecule has 18 heavy (non-hydrogen) atoms. The highest BCUT2D eigenvalue weighted by molar-refractivity contribution is 5.94. The van der Waals surface area contributed by atoms with Crippen molar-refractivity contribution in [2.75, 3.05) is 6.61 Å². The molecule has 0 unspecified atom stereocenters. The third kappa shape index (κ3) is 2.42. The van der Waals surface area contributed by atoms with Gasteiger partial charge in [-0.1, -0.05) is 37.6 Å². The molecular formula is C16H20O2. The quantitative estimate of drug-likeness (QED) is 0.850. The zero-order valence-corrected chi connectivity index (χ0v) is 11.1. The summed E-state index contributed by atoms with van der Waals surface area (Å²) in [6.45, 7) is 4.81. The highest BCUT2D eigenvalue weighted by Crippen LogP contribution is 2.36. The summed E-state index contributed by atoms with van der Waals surface area (Å²) in [5.41, 5.74) is 1.11. The summed E-state index contributed by atoms with van der Waals surface area (Å²) in [6, 6.07) is 9.70. The zero-order chi connectivity index (χ0) is 13.0. The Morgan fingerprint density at radius 3 is 2.50 bits per heavy atom. The van der Waals surface area contributed by atoms with Crippen LogP contribution in [0.25, 0.3) is 10.8 Å². The Morgan fingerprint density at radius 2 is 1.83 bits per heavy atom. The summed E-state index contributed by atoms with van der Waals surface area (Å²) in [6.07, 6.45) is 3.20. The maximum atomic E-state index is 10.1. The molecule has 2 aromatic carbocycles. The average molecular weight is 244 g/mol. The fourth-order valence-electron chi connectivity index (χ4n) is 2.25. The van der Waals surface area contributed by atoms with E-state index in [-0.39, 0.29) is 0 Å². The lowest BCUT2D eigenvalue weighted by Crippen LogP contribution is -1.98. The molecule has 0 fully saturated rings. The van der Waals surface area contributed by atoms with E-state index in [0.29, 0.717) is 12.4 Å². The van der Waals surface area contributed by atoms with Crippen LogP contribution in [0.3, 0.4) is 0 Å². The van der Waals surface area contributed by atoms with Gasteiger partial charge in [0, 0.05) is 10.8 Å². The van der Waals surface area contributed by atoms with Gasteiger partial charge in [0.15, 0.2) is 0 Å². The van der Waals surface area contributed by atoms with E-state index in [1.165, 1.54) is 0 Å². The van der Waals surface area contributed by atoms with E-state index < -0.39 is 0 Å². The third-order valence-electron chi connectivity index (χ3n) is 3.14. The van der Waals surface area contributed by atoms with E-state index in [9.17, 15) is 5.11 Å². The summed E-state index contributed by atoms with van der Waals surface area (Å²) in [4.78, 5) is 0. The molecule has 0 spiro atoms. The SMILES string of the molecule is CCCCc1cc(O)c2ccccc2c1OCC. The first-order valence-electron chi connectivity index (χ1n) is 6.64. The van der Waals surface area contributed by atoms with Gasteiger partial charge >= 0.3 is 0 Å². The average Bonchev–Trinajstić information content (AvgIpc) is 2.40. The number of aryl methyl sites for hydroxylation is 1. The van der Waals surface area contributed by atoms with Gasteiger partial charge in [0.05, 0.1) is 6.61 Å². The van der Waals surface area contributed by atoms with Gasteiger partial charge in [-0.05, 0) is 31.4 Å². The number of unbranched alkanes of at least 4 members (excludes halogenated alkanes) is 1. The van der Waals surface area contributed by atoms with Crippen molar-refractivity contribution in [2.24, 2.45) is 0 Å². The van der Waals surface area contributed by atoms with Crippen molar-refractivity contribution in [1.82, 2.24) is 0 Å². The Morgan fingerprint density at radius 1 is 1.11 bits per heavy atom. The first kappa shape index (κ1) is 12.7. The molecule has 0 aromatic heterocycles. The van der Waals surface area contributed by atoms with Crippen LogP contribution in [0.4, 0.5) is 0 Å². The molecule has 2 rings (SSSR count). The minimum absolute atomic E-state index is 0.347. The van der Waals surface area contributed by atoms with Crippen molar-refractivity contribution in [3.8, 4) is 11.5 Å². The van der Waals surface area contributed by atoms with E-state index >= 15 is 0 Å². The van der Waals surface area contributed by atoms with Crippen LogP contribution in [-0.4, -0.2) is 11.7 Å². The molecule has 0 atom stereocenters. The number of fused-ring (bicyclic) bond motifs is 1. The molecule has 0 saturated heterocycles. The molecule has 2 aromatic rings. The lowest BCUT2D eigenvalue weighted by Gasteiger charge is -2.14. The normalized spacial score (nSPS) is 10.8. The lowest BCUT2D eigenvalue weighted by atomic mass is 10.0. The standard InChI is InChI=1S/C16H20O2/c1-3-5-8-12-11-15(17)13-9-6-7-10-14(13)16(12)18-4-2/h6-7,9-11,17H,3-5,8H2,1-2H3. The molecule has 2 heteroatoms. The van der Waals surface area contributed by atoms with Crippen LogP contribution in [0.15, 0.2) is 30.3 Å². The summed E-state index contributed by atoms with van der Waals surface area (Å²) >= 11 is 0. The van der Waals surface area contributed by atoms with Crippen molar-refractivity contribution in [3.05, 3.63) is 35.9 Å². The Balaban J connectivity index is 2.58. The first-order valence-corrected chi connectivity index (χ1v) is 6.64. The van der Waals surface area contributed by atoms with Gasteiger partial charge < -0.3 is 9.84 Å². The van der Waals surface area contributed by atoms with Crippen LogP contribution >= 0.6 is 0 Å². The Bertz CT molecular complexity index is 532. The van der Waals surface area contributed by atoms with Crippen molar-refractivity contribution >= 4 is 10.8 Å². The van der Waals surface area contributed by atoms with Crippen molar-refractivity contribution in [2.45, 2.75) is 33.1 Å².